The van der Waals surface area contributed by atoms with E-state index in [9.17, 15) is 10.1 Å². The standard InChI is InChI=1S/C31H24N4O4S/c1-20-8-12-24(13-9-20)38-25-14-10-22(11-15-25)34-30(29(33-31(34)40)26-7-2-3-18-32-26)28-17-16-27(39-28)21-5-4-6-23(19-21)35(36)37/h2-19,29-30H,1H3,(H,33,40)/t29-,30-/m1/s1. The van der Waals surface area contributed by atoms with E-state index >= 15 is 0 Å². The van der Waals surface area contributed by atoms with E-state index in [1.54, 1.807) is 18.3 Å². The summed E-state index contributed by atoms with van der Waals surface area (Å²) in [7, 11) is 0. The molecule has 2 aromatic heterocycles. The molecule has 1 fully saturated rings. The summed E-state index contributed by atoms with van der Waals surface area (Å²) < 4.78 is 12.4. The van der Waals surface area contributed by atoms with Crippen LogP contribution in [0.3, 0.4) is 0 Å². The molecule has 1 aliphatic rings. The second-order valence-corrected chi connectivity index (χ2v) is 9.80. The number of anilines is 1. The molecule has 2 atom stereocenters. The number of ether oxygens (including phenoxy) is 1. The van der Waals surface area contributed by atoms with Crippen molar-refractivity contribution >= 4 is 28.7 Å². The minimum atomic E-state index is -0.419. The van der Waals surface area contributed by atoms with Crippen LogP contribution < -0.4 is 15.0 Å². The predicted molar refractivity (Wildman–Crippen MR) is 156 cm³/mol. The summed E-state index contributed by atoms with van der Waals surface area (Å²) >= 11 is 5.81. The number of hydrogen-bond donors (Lipinski definition) is 1. The fourth-order valence-electron chi connectivity index (χ4n) is 4.78. The number of aryl methyl sites for hydroxylation is 1. The normalized spacial score (nSPS) is 16.5. The fourth-order valence-corrected chi connectivity index (χ4v) is 5.12. The van der Waals surface area contributed by atoms with Crippen LogP contribution in [0, 0.1) is 17.0 Å². The van der Waals surface area contributed by atoms with Gasteiger partial charge in [0.1, 0.15) is 29.1 Å². The zero-order valence-corrected chi connectivity index (χ0v) is 22.2. The van der Waals surface area contributed by atoms with Gasteiger partial charge in [0.15, 0.2) is 5.11 Å². The smallest absolute Gasteiger partial charge is 0.270 e. The Morgan fingerprint density at radius 2 is 1.70 bits per heavy atom. The summed E-state index contributed by atoms with van der Waals surface area (Å²) in [5.74, 6) is 2.63. The number of nitrogens with zero attached hydrogens (tertiary/aromatic N) is 3. The van der Waals surface area contributed by atoms with Crippen molar-refractivity contribution in [1.29, 1.82) is 0 Å². The average Bonchev–Trinajstić information content (AvgIpc) is 3.60. The topological polar surface area (TPSA) is 93.7 Å². The minimum Gasteiger partial charge on any atom is -0.459 e. The van der Waals surface area contributed by atoms with Gasteiger partial charge in [-0.25, -0.2) is 0 Å². The quantitative estimate of drug-likeness (QED) is 0.127. The molecule has 3 heterocycles. The number of nitrogens with one attached hydrogen (secondary N) is 1. The lowest BCUT2D eigenvalue weighted by atomic mass is 10.0. The van der Waals surface area contributed by atoms with Crippen molar-refractivity contribution < 1.29 is 14.1 Å². The maximum atomic E-state index is 11.3. The molecule has 0 bridgehead atoms. The Balaban J connectivity index is 1.35. The van der Waals surface area contributed by atoms with Gasteiger partial charge in [-0.05, 0) is 79.8 Å². The molecule has 3 aromatic carbocycles. The highest BCUT2D eigenvalue weighted by Crippen LogP contribution is 2.43. The number of furan rings is 1. The highest BCUT2D eigenvalue weighted by Gasteiger charge is 2.42. The first-order chi connectivity index (χ1) is 19.5. The molecule has 198 valence electrons. The number of nitro benzene ring substituents is 1. The Kier molecular flexibility index (Phi) is 6.71. The Bertz CT molecular complexity index is 1670. The van der Waals surface area contributed by atoms with Gasteiger partial charge in [0.25, 0.3) is 5.69 Å². The molecule has 0 spiro atoms. The molecule has 0 amide bonds. The van der Waals surface area contributed by atoms with E-state index in [4.69, 9.17) is 21.4 Å². The number of thiocarbonyl (C=S) groups is 1. The van der Waals surface area contributed by atoms with E-state index < -0.39 is 4.92 Å². The van der Waals surface area contributed by atoms with Crippen molar-refractivity contribution in [2.45, 2.75) is 19.0 Å². The van der Waals surface area contributed by atoms with Gasteiger partial charge in [0.05, 0.1) is 16.7 Å². The van der Waals surface area contributed by atoms with E-state index in [1.807, 2.05) is 90.7 Å². The summed E-state index contributed by atoms with van der Waals surface area (Å²) in [6, 6.07) is 30.8. The van der Waals surface area contributed by atoms with Gasteiger partial charge in [-0.1, -0.05) is 35.9 Å². The predicted octanol–water partition coefficient (Wildman–Crippen LogP) is 7.53. The molecular formula is C31H24N4O4S. The Morgan fingerprint density at radius 3 is 2.40 bits per heavy atom. The SMILES string of the molecule is Cc1ccc(Oc2ccc(N3C(=S)N[C@H](c4ccccn4)[C@H]3c3ccc(-c4cccc([N+](=O)[O-])c4)o3)cc2)cc1. The minimum absolute atomic E-state index is 0.0000883. The summed E-state index contributed by atoms with van der Waals surface area (Å²) in [6.45, 7) is 2.03. The molecule has 0 unspecified atom stereocenters. The molecule has 5 aromatic rings. The van der Waals surface area contributed by atoms with Crippen molar-refractivity contribution in [1.82, 2.24) is 10.3 Å². The number of hydrogen-bond acceptors (Lipinski definition) is 6. The van der Waals surface area contributed by atoms with Crippen LogP contribution in [0.15, 0.2) is 114 Å². The van der Waals surface area contributed by atoms with Crippen LogP contribution in [0.4, 0.5) is 11.4 Å². The number of aromatic nitrogens is 1. The second-order valence-electron chi connectivity index (χ2n) is 9.42. The van der Waals surface area contributed by atoms with Crippen molar-refractivity contribution in [2.24, 2.45) is 0 Å². The third-order valence-corrected chi connectivity index (χ3v) is 7.04. The molecule has 1 aliphatic heterocycles. The van der Waals surface area contributed by atoms with Crippen molar-refractivity contribution in [3.05, 3.63) is 136 Å². The molecule has 8 nitrogen and oxygen atoms in total. The lowest BCUT2D eigenvalue weighted by molar-refractivity contribution is -0.384. The van der Waals surface area contributed by atoms with Crippen LogP contribution in [0.25, 0.3) is 11.3 Å². The van der Waals surface area contributed by atoms with E-state index in [2.05, 4.69) is 10.3 Å². The molecular weight excluding hydrogens is 524 g/mol. The molecule has 0 saturated carbocycles. The van der Waals surface area contributed by atoms with E-state index in [-0.39, 0.29) is 17.8 Å². The van der Waals surface area contributed by atoms with Crippen LogP contribution in [0.2, 0.25) is 0 Å². The van der Waals surface area contributed by atoms with Gasteiger partial charge in [0.2, 0.25) is 0 Å². The molecule has 6 rings (SSSR count). The van der Waals surface area contributed by atoms with Crippen LogP contribution in [-0.4, -0.2) is 15.0 Å². The largest absolute Gasteiger partial charge is 0.459 e. The van der Waals surface area contributed by atoms with Gasteiger partial charge >= 0.3 is 0 Å². The number of nitro groups is 1. The summed E-state index contributed by atoms with van der Waals surface area (Å²) in [5, 5.41) is 15.2. The van der Waals surface area contributed by atoms with Crippen LogP contribution in [0.5, 0.6) is 11.5 Å². The first kappa shape index (κ1) is 25.3. The number of rotatable bonds is 7. The van der Waals surface area contributed by atoms with Crippen LogP contribution >= 0.6 is 12.2 Å². The lowest BCUT2D eigenvalue weighted by Crippen LogP contribution is -2.29. The third-order valence-electron chi connectivity index (χ3n) is 6.73. The van der Waals surface area contributed by atoms with Gasteiger partial charge in [-0.15, -0.1) is 0 Å². The molecule has 40 heavy (non-hydrogen) atoms. The highest BCUT2D eigenvalue weighted by atomic mass is 32.1. The molecule has 9 heteroatoms. The first-order valence-corrected chi connectivity index (χ1v) is 13.1. The lowest BCUT2D eigenvalue weighted by Gasteiger charge is -2.26. The number of benzene rings is 3. The molecule has 1 N–H and O–H groups in total. The maximum absolute atomic E-state index is 11.3. The number of non-ortho nitro benzene ring substituents is 1. The summed E-state index contributed by atoms with van der Waals surface area (Å²) in [5.41, 5.74) is 3.45. The fraction of sp³-hybridized carbons (Fsp3) is 0.0968. The summed E-state index contributed by atoms with van der Waals surface area (Å²) in [6.07, 6.45) is 1.74. The van der Waals surface area contributed by atoms with E-state index in [1.165, 1.54) is 12.1 Å². The molecule has 0 aliphatic carbocycles. The highest BCUT2D eigenvalue weighted by molar-refractivity contribution is 7.80. The van der Waals surface area contributed by atoms with Crippen LogP contribution in [-0.2, 0) is 0 Å². The third kappa shape index (κ3) is 5.02. The Morgan fingerprint density at radius 1 is 0.950 bits per heavy atom. The zero-order valence-electron chi connectivity index (χ0n) is 21.4. The first-order valence-electron chi connectivity index (χ1n) is 12.7. The zero-order chi connectivity index (χ0) is 27.6. The maximum Gasteiger partial charge on any atom is 0.270 e. The monoisotopic (exact) mass is 548 g/mol. The number of pyridine rings is 1. The van der Waals surface area contributed by atoms with Crippen molar-refractivity contribution in [3.8, 4) is 22.8 Å². The van der Waals surface area contributed by atoms with E-state index in [0.29, 0.717) is 27.9 Å². The van der Waals surface area contributed by atoms with E-state index in [0.717, 1.165) is 22.7 Å². The Hall–Kier alpha value is -5.02. The van der Waals surface area contributed by atoms with Gasteiger partial charge in [-0.2, -0.15) is 0 Å². The van der Waals surface area contributed by atoms with Gasteiger partial charge in [0, 0.05) is 29.6 Å². The van der Waals surface area contributed by atoms with Crippen LogP contribution in [0.1, 0.15) is 29.1 Å². The average molecular weight is 549 g/mol. The van der Waals surface area contributed by atoms with Gasteiger partial charge < -0.3 is 19.4 Å². The molecule has 1 saturated heterocycles. The van der Waals surface area contributed by atoms with Crippen molar-refractivity contribution in [3.63, 3.8) is 0 Å². The van der Waals surface area contributed by atoms with Crippen molar-refractivity contribution in [2.75, 3.05) is 4.90 Å². The van der Waals surface area contributed by atoms with Gasteiger partial charge in [-0.3, -0.25) is 15.1 Å². The summed E-state index contributed by atoms with van der Waals surface area (Å²) in [4.78, 5) is 17.5. The Labute approximate surface area is 236 Å². The molecule has 0 radical (unpaired) electrons. The second kappa shape index (κ2) is 10.6.